The van der Waals surface area contributed by atoms with Gasteiger partial charge in [0.2, 0.25) is 0 Å². The van der Waals surface area contributed by atoms with E-state index in [4.69, 9.17) is 0 Å². The number of aromatic amines is 1. The van der Waals surface area contributed by atoms with Gasteiger partial charge < -0.3 is 15.2 Å². The first-order chi connectivity index (χ1) is 13.4. The number of carbonyl (C=O) groups is 1. The van der Waals surface area contributed by atoms with E-state index in [0.717, 1.165) is 29.1 Å². The first kappa shape index (κ1) is 18.0. The van der Waals surface area contributed by atoms with Gasteiger partial charge in [0.1, 0.15) is 6.04 Å². The van der Waals surface area contributed by atoms with E-state index < -0.39 is 23.8 Å². The van der Waals surface area contributed by atoms with Crippen LogP contribution in [0.25, 0.3) is 0 Å². The molecule has 144 valence electrons. The lowest BCUT2D eigenvalue weighted by atomic mass is 9.97. The monoisotopic (exact) mass is 387 g/mol. The molecule has 0 radical (unpaired) electrons. The molecule has 2 amide bonds. The number of urea groups is 1. The Morgan fingerprint density at radius 3 is 2.54 bits per heavy atom. The van der Waals surface area contributed by atoms with Crippen molar-refractivity contribution in [3.8, 4) is 0 Å². The Morgan fingerprint density at radius 1 is 1.14 bits per heavy atom. The second kappa shape index (κ2) is 6.99. The predicted molar refractivity (Wildman–Crippen MR) is 95.5 cm³/mol. The van der Waals surface area contributed by atoms with Crippen LogP contribution in [-0.4, -0.2) is 32.4 Å². The molecule has 0 aliphatic carbocycles. The molecule has 4 rings (SSSR count). The first-order valence-corrected chi connectivity index (χ1v) is 8.60. The van der Waals surface area contributed by atoms with Crippen LogP contribution in [0, 0.1) is 0 Å². The minimum absolute atomic E-state index is 0.291. The second-order valence-electron chi connectivity index (χ2n) is 6.40. The highest BCUT2D eigenvalue weighted by Gasteiger charge is 2.34. The highest BCUT2D eigenvalue weighted by atomic mass is 19.4. The third-order valence-corrected chi connectivity index (χ3v) is 4.67. The summed E-state index contributed by atoms with van der Waals surface area (Å²) in [4.78, 5) is 26.0. The smallest absolute Gasteiger partial charge is 0.348 e. The van der Waals surface area contributed by atoms with E-state index in [9.17, 15) is 18.0 Å². The van der Waals surface area contributed by atoms with Crippen LogP contribution >= 0.6 is 0 Å². The maximum atomic E-state index is 12.9. The van der Waals surface area contributed by atoms with Crippen LogP contribution < -0.4 is 5.32 Å². The number of anilines is 1. The van der Waals surface area contributed by atoms with Crippen molar-refractivity contribution in [3.05, 3.63) is 77.6 Å². The average molecular weight is 387 g/mol. The number of carbonyl (C=O) groups excluding carboxylic acids is 1. The van der Waals surface area contributed by atoms with Crippen LogP contribution in [0.5, 0.6) is 0 Å². The normalized spacial score (nSPS) is 16.5. The van der Waals surface area contributed by atoms with Gasteiger partial charge in [-0.3, -0.25) is 4.98 Å². The number of nitrogens with one attached hydrogen (secondary N) is 2. The van der Waals surface area contributed by atoms with E-state index >= 15 is 0 Å². The molecule has 28 heavy (non-hydrogen) atoms. The van der Waals surface area contributed by atoms with Gasteiger partial charge in [-0.15, -0.1) is 0 Å². The van der Waals surface area contributed by atoms with Crippen molar-refractivity contribution in [2.45, 2.75) is 18.6 Å². The number of imidazole rings is 1. The largest absolute Gasteiger partial charge is 0.416 e. The molecule has 1 aliphatic rings. The van der Waals surface area contributed by atoms with Crippen LogP contribution in [0.2, 0.25) is 0 Å². The topological polar surface area (TPSA) is 73.9 Å². The fraction of sp³-hybridized carbons (Fsp3) is 0.211. The number of hydrogen-bond acceptors (Lipinski definition) is 3. The number of aromatic nitrogens is 3. The Kier molecular flexibility index (Phi) is 4.50. The molecular formula is C19H16F3N5O. The highest BCUT2D eigenvalue weighted by molar-refractivity contribution is 5.90. The van der Waals surface area contributed by atoms with Gasteiger partial charge in [-0.2, -0.15) is 13.2 Å². The van der Waals surface area contributed by atoms with Crippen LogP contribution in [0.15, 0.2) is 55.1 Å². The van der Waals surface area contributed by atoms with Gasteiger partial charge in [-0.05, 0) is 42.0 Å². The maximum absolute atomic E-state index is 12.9. The van der Waals surface area contributed by atoms with Gasteiger partial charge in [-0.25, -0.2) is 9.78 Å². The van der Waals surface area contributed by atoms with Crippen molar-refractivity contribution in [1.29, 1.82) is 0 Å². The van der Waals surface area contributed by atoms with Crippen molar-refractivity contribution in [3.63, 3.8) is 0 Å². The lowest BCUT2D eigenvalue weighted by Gasteiger charge is -2.35. The van der Waals surface area contributed by atoms with Crippen molar-refractivity contribution < 1.29 is 18.0 Å². The molecule has 0 saturated carbocycles. The molecule has 0 spiro atoms. The summed E-state index contributed by atoms with van der Waals surface area (Å²) in [6, 6.07) is 7.18. The van der Waals surface area contributed by atoms with Crippen LogP contribution in [0.1, 0.15) is 28.6 Å². The maximum Gasteiger partial charge on any atom is 0.416 e. The summed E-state index contributed by atoms with van der Waals surface area (Å²) in [5.41, 5.74) is 2.09. The Balaban J connectivity index is 1.59. The number of hydrogen-bond donors (Lipinski definition) is 2. The lowest BCUT2D eigenvalue weighted by Crippen LogP contribution is -2.43. The molecule has 0 bridgehead atoms. The van der Waals surface area contributed by atoms with Gasteiger partial charge in [0.05, 0.1) is 17.6 Å². The number of nitrogens with zero attached hydrogens (tertiary/aromatic N) is 3. The summed E-state index contributed by atoms with van der Waals surface area (Å²) in [6.07, 6.45) is 1.07. The highest BCUT2D eigenvalue weighted by Crippen LogP contribution is 2.34. The number of pyridine rings is 1. The van der Waals surface area contributed by atoms with Gasteiger partial charge in [0, 0.05) is 36.7 Å². The number of alkyl halides is 3. The molecule has 0 saturated heterocycles. The molecular weight excluding hydrogens is 371 g/mol. The zero-order chi connectivity index (χ0) is 19.7. The summed E-state index contributed by atoms with van der Waals surface area (Å²) in [5, 5.41) is 2.68. The SMILES string of the molecule is O=C(Nc1ccc(C(F)(F)F)cc1)N1CCc2[nH]cnc2[C@@H]1c1ccncc1. The van der Waals surface area contributed by atoms with Crippen molar-refractivity contribution in [2.24, 2.45) is 0 Å². The summed E-state index contributed by atoms with van der Waals surface area (Å²) >= 11 is 0. The van der Waals surface area contributed by atoms with E-state index in [1.54, 1.807) is 23.6 Å². The van der Waals surface area contributed by atoms with Crippen LogP contribution in [0.4, 0.5) is 23.7 Å². The number of rotatable bonds is 2. The minimum atomic E-state index is -4.42. The summed E-state index contributed by atoms with van der Waals surface area (Å²) in [5.74, 6) is 0. The third kappa shape index (κ3) is 3.42. The van der Waals surface area contributed by atoms with Crippen molar-refractivity contribution in [1.82, 2.24) is 19.9 Å². The summed E-state index contributed by atoms with van der Waals surface area (Å²) < 4.78 is 38.1. The van der Waals surface area contributed by atoms with E-state index in [1.807, 2.05) is 12.1 Å². The fourth-order valence-electron chi connectivity index (χ4n) is 3.32. The van der Waals surface area contributed by atoms with Gasteiger partial charge in [0.25, 0.3) is 0 Å². The van der Waals surface area contributed by atoms with Gasteiger partial charge in [0.15, 0.2) is 0 Å². The Bertz CT molecular complexity index is 969. The number of H-pyrrole nitrogens is 1. The number of amides is 2. The standard InChI is InChI=1S/C19H16F3N5O/c20-19(21,22)13-1-3-14(4-2-13)26-18(28)27-10-7-15-16(25-11-24-15)17(27)12-5-8-23-9-6-12/h1-6,8-9,11,17H,7,10H2,(H,24,25)(H,26,28)/t17-/m0/s1. The van der Waals surface area contributed by atoms with Crippen molar-refractivity contribution in [2.75, 3.05) is 11.9 Å². The molecule has 6 nitrogen and oxygen atoms in total. The fourth-order valence-corrected chi connectivity index (χ4v) is 3.32. The molecule has 0 fully saturated rings. The quantitative estimate of drug-likeness (QED) is 0.698. The molecule has 9 heteroatoms. The third-order valence-electron chi connectivity index (χ3n) is 4.67. The van der Waals surface area contributed by atoms with Crippen molar-refractivity contribution >= 4 is 11.7 Å². The van der Waals surface area contributed by atoms with Crippen LogP contribution in [-0.2, 0) is 12.6 Å². The summed E-state index contributed by atoms with van der Waals surface area (Å²) in [6.45, 7) is 0.439. The molecule has 2 aromatic heterocycles. The molecule has 2 N–H and O–H groups in total. The second-order valence-corrected chi connectivity index (χ2v) is 6.40. The molecule has 1 aromatic carbocycles. The van der Waals surface area contributed by atoms with E-state index in [-0.39, 0.29) is 0 Å². The molecule has 3 heterocycles. The molecule has 1 aliphatic heterocycles. The molecule has 0 unspecified atom stereocenters. The van der Waals surface area contributed by atoms with Gasteiger partial charge >= 0.3 is 12.2 Å². The molecule has 1 atom stereocenters. The Morgan fingerprint density at radius 2 is 1.86 bits per heavy atom. The number of fused-ring (bicyclic) bond motifs is 1. The van der Waals surface area contributed by atoms with E-state index in [2.05, 4.69) is 20.3 Å². The predicted octanol–water partition coefficient (Wildman–Crippen LogP) is 4.00. The minimum Gasteiger partial charge on any atom is -0.348 e. The first-order valence-electron chi connectivity index (χ1n) is 8.60. The molecule has 3 aromatic rings. The van der Waals surface area contributed by atoms with Gasteiger partial charge in [-0.1, -0.05) is 0 Å². The van der Waals surface area contributed by atoms with Crippen LogP contribution in [0.3, 0.4) is 0 Å². The summed E-state index contributed by atoms with van der Waals surface area (Å²) in [7, 11) is 0. The Hall–Kier alpha value is -3.36. The van der Waals surface area contributed by atoms with E-state index in [0.29, 0.717) is 18.7 Å². The lowest BCUT2D eigenvalue weighted by molar-refractivity contribution is -0.137. The average Bonchev–Trinajstić information content (AvgIpc) is 3.16. The number of benzene rings is 1. The zero-order valence-electron chi connectivity index (χ0n) is 14.6. The zero-order valence-corrected chi connectivity index (χ0v) is 14.6. The Labute approximate surface area is 158 Å². The number of halogens is 3. The van der Waals surface area contributed by atoms with E-state index in [1.165, 1.54) is 12.1 Å².